The van der Waals surface area contributed by atoms with Crippen molar-refractivity contribution in [2.24, 2.45) is 0 Å². The zero-order valence-corrected chi connectivity index (χ0v) is 14.8. The first-order chi connectivity index (χ1) is 0. The standard InChI is InChI=1S/Pb.Sn.W.Zn. The molecule has 16 valence electrons. The molecule has 0 aromatic heterocycles. The molecule has 0 spiro atoms. The Morgan fingerprint density at radius 2 is 1.00 bits per heavy atom. The molecule has 0 fully saturated rings. The van der Waals surface area contributed by atoms with Crippen LogP contribution in [0.4, 0.5) is 0 Å². The van der Waals surface area contributed by atoms with Crippen LogP contribution in [0.1, 0.15) is 0 Å². The molecule has 0 aliphatic rings. The number of rotatable bonds is 0. The molecule has 8 radical (unpaired) electrons. The van der Waals surface area contributed by atoms with Crippen molar-refractivity contribution in [2.75, 3.05) is 0 Å². The predicted molar refractivity (Wildman–Crippen MR) is 11.5 cm³/mol. The van der Waals surface area contributed by atoms with Crippen LogP contribution >= 0.6 is 0 Å². The second kappa shape index (κ2) is 16.6. The first-order valence-electron chi connectivity index (χ1n) is 0. The van der Waals surface area contributed by atoms with Crippen LogP contribution in [0.3, 0.4) is 0 Å². The molecule has 0 nitrogen and oxygen atoms in total. The average molecular weight is 575 g/mol. The van der Waals surface area contributed by atoms with E-state index in [1.807, 2.05) is 0 Å². The molecule has 0 saturated heterocycles. The third kappa shape index (κ3) is 8.90. The van der Waals surface area contributed by atoms with E-state index in [9.17, 15) is 0 Å². The van der Waals surface area contributed by atoms with E-state index in [-0.39, 0.29) is 91.7 Å². The molecule has 0 saturated carbocycles. The quantitative estimate of drug-likeness (QED) is 0.334. The van der Waals surface area contributed by atoms with Crippen molar-refractivity contribution in [1.82, 2.24) is 0 Å². The molecule has 0 rings (SSSR count). The van der Waals surface area contributed by atoms with Gasteiger partial charge < -0.3 is 0 Å². The van der Waals surface area contributed by atoms with E-state index in [2.05, 4.69) is 0 Å². The summed E-state index contributed by atoms with van der Waals surface area (Å²) in [6.45, 7) is 0. The van der Waals surface area contributed by atoms with E-state index >= 15 is 0 Å². The Labute approximate surface area is 90.0 Å². The van der Waals surface area contributed by atoms with E-state index < -0.39 is 0 Å². The van der Waals surface area contributed by atoms with Gasteiger partial charge in [-0.05, 0) is 0 Å². The summed E-state index contributed by atoms with van der Waals surface area (Å²) in [5, 5.41) is 0. The summed E-state index contributed by atoms with van der Waals surface area (Å²) in [6, 6.07) is 0. The molecule has 0 aliphatic heterocycles. The van der Waals surface area contributed by atoms with Gasteiger partial charge in [-0.3, -0.25) is 0 Å². The first-order valence-corrected chi connectivity index (χ1v) is 0. The molecule has 0 amide bonds. The Morgan fingerprint density at radius 1 is 1.00 bits per heavy atom. The van der Waals surface area contributed by atoms with Crippen LogP contribution in [0.2, 0.25) is 0 Å². The number of hydrogen-bond donors (Lipinski definition) is 0. The Kier molecular flexibility index (Phi) is 116. The molecule has 0 aromatic carbocycles. The van der Waals surface area contributed by atoms with Gasteiger partial charge in [-0.1, -0.05) is 0 Å². The van der Waals surface area contributed by atoms with Crippen LogP contribution in [0.5, 0.6) is 0 Å². The van der Waals surface area contributed by atoms with E-state index in [0.29, 0.717) is 0 Å². The minimum atomic E-state index is 0. The summed E-state index contributed by atoms with van der Waals surface area (Å²) < 4.78 is 0. The Morgan fingerprint density at radius 3 is 1.00 bits per heavy atom. The third-order valence-electron chi connectivity index (χ3n) is 0. The van der Waals surface area contributed by atoms with Gasteiger partial charge in [-0.2, -0.15) is 0 Å². The normalized spacial score (nSPS) is 0. The molecule has 0 N–H and O–H groups in total. The smallest absolute Gasteiger partial charge is 0 e. The summed E-state index contributed by atoms with van der Waals surface area (Å²) in [5.41, 5.74) is 0. The molecular formula is PbSnWZn. The van der Waals surface area contributed by atoms with Gasteiger partial charge in [0.1, 0.15) is 0 Å². The average Bonchev–Trinajstić information content (AvgIpc) is 0. The van der Waals surface area contributed by atoms with Gasteiger partial charge in [0.2, 0.25) is 0 Å². The van der Waals surface area contributed by atoms with Gasteiger partial charge in [0.25, 0.3) is 0 Å². The zero-order valence-electron chi connectivity index (χ0n) is 2.12. The largest absolute Gasteiger partial charge is 0 e. The first kappa shape index (κ1) is 27.8. The molecule has 0 unspecified atom stereocenters. The summed E-state index contributed by atoms with van der Waals surface area (Å²) in [7, 11) is 0. The molecule has 0 bridgehead atoms. The van der Waals surface area contributed by atoms with Crippen LogP contribution in [-0.2, 0) is 40.5 Å². The minimum absolute atomic E-state index is 0. The maximum absolute atomic E-state index is 0. The minimum Gasteiger partial charge on any atom is 0 e. The maximum atomic E-state index is 0. The van der Waals surface area contributed by atoms with Gasteiger partial charge in [-0.25, -0.2) is 0 Å². The SMILES string of the molecule is [Pb].[Sn].[W].[Zn]. The van der Waals surface area contributed by atoms with E-state index in [4.69, 9.17) is 0 Å². The number of hydrogen-bond acceptors (Lipinski definition) is 0. The zero-order chi connectivity index (χ0) is 0. The molecule has 4 heavy (non-hydrogen) atoms. The van der Waals surface area contributed by atoms with Crippen LogP contribution in [-0.4, -0.2) is 51.2 Å². The van der Waals surface area contributed by atoms with Gasteiger partial charge in [0.05, 0.1) is 0 Å². The van der Waals surface area contributed by atoms with Crippen molar-refractivity contribution in [2.45, 2.75) is 0 Å². The van der Waals surface area contributed by atoms with Crippen molar-refractivity contribution in [3.8, 4) is 0 Å². The molecular weight excluding hydrogens is 575 g/mol. The van der Waals surface area contributed by atoms with E-state index in [1.165, 1.54) is 0 Å². The molecule has 0 atom stereocenters. The van der Waals surface area contributed by atoms with Gasteiger partial charge >= 0.3 is 0 Å². The van der Waals surface area contributed by atoms with Crippen molar-refractivity contribution in [3.05, 3.63) is 0 Å². The summed E-state index contributed by atoms with van der Waals surface area (Å²) in [4.78, 5) is 0. The topological polar surface area (TPSA) is 0 Å². The van der Waals surface area contributed by atoms with E-state index in [0.717, 1.165) is 0 Å². The van der Waals surface area contributed by atoms with Crippen LogP contribution in [0.25, 0.3) is 0 Å². The van der Waals surface area contributed by atoms with Crippen LogP contribution < -0.4 is 0 Å². The molecule has 4 heteroatoms. The van der Waals surface area contributed by atoms with Crippen molar-refractivity contribution in [3.63, 3.8) is 0 Å². The fraction of sp³-hybridized carbons (Fsp3) is 0. The van der Waals surface area contributed by atoms with E-state index in [1.54, 1.807) is 0 Å². The van der Waals surface area contributed by atoms with Gasteiger partial charge in [-0.15, -0.1) is 0 Å². The fourth-order valence-corrected chi connectivity index (χ4v) is 0. The monoisotopic (exact) mass is 576 g/mol. The van der Waals surface area contributed by atoms with Gasteiger partial charge in [0, 0.05) is 91.7 Å². The van der Waals surface area contributed by atoms with Crippen LogP contribution in [0.15, 0.2) is 0 Å². The fourth-order valence-electron chi connectivity index (χ4n) is 0. The Balaban J connectivity index is 0. The second-order valence-corrected chi connectivity index (χ2v) is 0. The summed E-state index contributed by atoms with van der Waals surface area (Å²) >= 11 is 0. The Bertz CT molecular complexity index is 8.00. The second-order valence-electron chi connectivity index (χ2n) is 0. The summed E-state index contributed by atoms with van der Waals surface area (Å²) in [5.74, 6) is 0. The maximum Gasteiger partial charge on any atom is 0 e. The molecule has 0 aromatic rings. The van der Waals surface area contributed by atoms with Crippen molar-refractivity contribution < 1.29 is 40.5 Å². The van der Waals surface area contributed by atoms with Crippen molar-refractivity contribution in [1.29, 1.82) is 0 Å². The Hall–Kier alpha value is 3.03. The van der Waals surface area contributed by atoms with Gasteiger partial charge in [0.15, 0.2) is 0 Å². The van der Waals surface area contributed by atoms with Crippen LogP contribution in [0, 0.1) is 0 Å². The molecule has 0 heterocycles. The van der Waals surface area contributed by atoms with Crippen molar-refractivity contribution >= 4 is 51.2 Å². The third-order valence-corrected chi connectivity index (χ3v) is 0. The molecule has 0 aliphatic carbocycles. The summed E-state index contributed by atoms with van der Waals surface area (Å²) in [6.07, 6.45) is 0. The predicted octanol–water partition coefficient (Wildman–Crippen LogP) is -0.767.